The van der Waals surface area contributed by atoms with Crippen LogP contribution in [0.15, 0.2) is 72.5 Å². The van der Waals surface area contributed by atoms with Gasteiger partial charge in [-0.2, -0.15) is 0 Å². The molecule has 0 aromatic heterocycles. The van der Waals surface area contributed by atoms with Crippen LogP contribution in [0.3, 0.4) is 0 Å². The molecular weight excluding hydrogens is 483 g/mol. The van der Waals surface area contributed by atoms with Crippen LogP contribution in [0.2, 0.25) is 10.0 Å². The third-order valence-corrected chi connectivity index (χ3v) is 6.32. The van der Waals surface area contributed by atoms with E-state index in [1.165, 1.54) is 4.90 Å². The van der Waals surface area contributed by atoms with Gasteiger partial charge in [0.25, 0.3) is 5.91 Å². The number of nitrogens with one attached hydrogen (secondary N) is 1. The van der Waals surface area contributed by atoms with Gasteiger partial charge in [-0.3, -0.25) is 14.5 Å². The van der Waals surface area contributed by atoms with Crippen LogP contribution in [0.1, 0.15) is 37.5 Å². The minimum absolute atomic E-state index is 0.127. The maximum Gasteiger partial charge on any atom is 0.294 e. The first-order valence-electron chi connectivity index (χ1n) is 11.2. The predicted octanol–water partition coefficient (Wildman–Crippen LogP) is 6.37. The van der Waals surface area contributed by atoms with E-state index in [9.17, 15) is 9.59 Å². The lowest BCUT2D eigenvalue weighted by Crippen LogP contribution is -2.44. The van der Waals surface area contributed by atoms with Gasteiger partial charge in [0.2, 0.25) is 5.91 Å². The second-order valence-corrected chi connectivity index (χ2v) is 10.2. The summed E-state index contributed by atoms with van der Waals surface area (Å²) in [5.74, 6) is -0.0662. The number of benzene rings is 3. The van der Waals surface area contributed by atoms with E-state index in [2.05, 4.69) is 26.1 Å². The molecule has 2 amide bonds. The molecule has 0 fully saturated rings. The number of ether oxygens (including phenoxy) is 1. The largest absolute Gasteiger partial charge is 0.449 e. The third kappa shape index (κ3) is 5.87. The average Bonchev–Trinajstić information content (AvgIpc) is 2.81. The Morgan fingerprint density at radius 3 is 2.43 bits per heavy atom. The van der Waals surface area contributed by atoms with Gasteiger partial charge in [-0.1, -0.05) is 80.4 Å². The summed E-state index contributed by atoms with van der Waals surface area (Å²) in [5.41, 5.74) is 3.00. The molecule has 0 saturated carbocycles. The molecule has 0 atom stereocenters. The minimum atomic E-state index is -0.397. The third-order valence-electron chi connectivity index (χ3n) is 5.69. The zero-order chi connectivity index (χ0) is 25.2. The van der Waals surface area contributed by atoms with Crippen molar-refractivity contribution in [1.82, 2.24) is 5.32 Å². The number of amides is 2. The summed E-state index contributed by atoms with van der Waals surface area (Å²) in [6.45, 7) is 6.37. The molecule has 5 nitrogen and oxygen atoms in total. The van der Waals surface area contributed by atoms with Crippen molar-refractivity contribution in [1.29, 1.82) is 0 Å². The first kappa shape index (κ1) is 24.8. The van der Waals surface area contributed by atoms with Gasteiger partial charge >= 0.3 is 0 Å². The molecule has 0 saturated heterocycles. The van der Waals surface area contributed by atoms with Crippen molar-refractivity contribution in [3.05, 3.63) is 99.2 Å². The van der Waals surface area contributed by atoms with Crippen LogP contribution in [-0.2, 0) is 21.5 Å². The quantitative estimate of drug-likeness (QED) is 0.407. The molecule has 3 aromatic rings. The molecule has 1 aliphatic heterocycles. The molecule has 1 N–H and O–H groups in total. The topological polar surface area (TPSA) is 58.6 Å². The van der Waals surface area contributed by atoms with Gasteiger partial charge in [0.05, 0.1) is 5.69 Å². The minimum Gasteiger partial charge on any atom is -0.449 e. The number of fused-ring (bicyclic) bond motifs is 1. The second kappa shape index (κ2) is 10.1. The summed E-state index contributed by atoms with van der Waals surface area (Å²) in [5, 5.41) is 4.03. The lowest BCUT2D eigenvalue weighted by atomic mass is 9.86. The van der Waals surface area contributed by atoms with Crippen LogP contribution in [0.4, 0.5) is 5.69 Å². The maximum absolute atomic E-state index is 13.5. The van der Waals surface area contributed by atoms with Crippen molar-refractivity contribution in [2.75, 3.05) is 11.4 Å². The van der Waals surface area contributed by atoms with E-state index in [1.54, 1.807) is 36.4 Å². The first-order valence-corrected chi connectivity index (χ1v) is 12.0. The molecule has 0 aliphatic carbocycles. The Morgan fingerprint density at radius 2 is 1.74 bits per heavy atom. The summed E-state index contributed by atoms with van der Waals surface area (Å²) in [4.78, 5) is 27.9. The Kier molecular flexibility index (Phi) is 7.20. The number of carbonyl (C=O) groups is 2. The van der Waals surface area contributed by atoms with Gasteiger partial charge in [-0.05, 0) is 58.5 Å². The fraction of sp³-hybridized carbons (Fsp3) is 0.214. The van der Waals surface area contributed by atoms with Gasteiger partial charge in [0.1, 0.15) is 6.54 Å². The number of nitrogens with zero attached hydrogens (tertiary/aromatic N) is 1. The zero-order valence-corrected chi connectivity index (χ0v) is 21.3. The van der Waals surface area contributed by atoms with Crippen molar-refractivity contribution >= 4 is 46.8 Å². The van der Waals surface area contributed by atoms with Gasteiger partial charge in [0.15, 0.2) is 11.5 Å². The lowest BCUT2D eigenvalue weighted by Gasteiger charge is -2.32. The van der Waals surface area contributed by atoms with Crippen molar-refractivity contribution < 1.29 is 14.3 Å². The maximum atomic E-state index is 13.5. The molecule has 3 aromatic carbocycles. The molecule has 180 valence electrons. The lowest BCUT2D eigenvalue weighted by molar-refractivity contribution is -0.123. The van der Waals surface area contributed by atoms with Crippen LogP contribution in [0.5, 0.6) is 5.75 Å². The highest BCUT2D eigenvalue weighted by Crippen LogP contribution is 2.39. The Hall–Kier alpha value is -3.28. The van der Waals surface area contributed by atoms with E-state index in [0.717, 1.165) is 16.7 Å². The van der Waals surface area contributed by atoms with Crippen molar-refractivity contribution in [2.24, 2.45) is 0 Å². The molecule has 35 heavy (non-hydrogen) atoms. The predicted molar refractivity (Wildman–Crippen MR) is 141 cm³/mol. The summed E-state index contributed by atoms with van der Waals surface area (Å²) in [7, 11) is 0. The Morgan fingerprint density at radius 1 is 1.03 bits per heavy atom. The average molecular weight is 509 g/mol. The monoisotopic (exact) mass is 508 g/mol. The van der Waals surface area contributed by atoms with Crippen molar-refractivity contribution in [3.63, 3.8) is 0 Å². The molecule has 0 spiro atoms. The number of hydrogen-bond acceptors (Lipinski definition) is 3. The molecule has 0 bridgehead atoms. The summed E-state index contributed by atoms with van der Waals surface area (Å²) in [6.07, 6.45) is 1.65. The van der Waals surface area contributed by atoms with E-state index < -0.39 is 5.91 Å². The molecule has 0 radical (unpaired) electrons. The second-order valence-electron chi connectivity index (χ2n) is 9.35. The van der Waals surface area contributed by atoms with Crippen LogP contribution in [0, 0.1) is 0 Å². The molecule has 4 rings (SSSR count). The van der Waals surface area contributed by atoms with Crippen LogP contribution in [0.25, 0.3) is 6.08 Å². The highest BCUT2D eigenvalue weighted by atomic mass is 35.5. The van der Waals surface area contributed by atoms with Crippen LogP contribution in [-0.4, -0.2) is 18.4 Å². The smallest absolute Gasteiger partial charge is 0.294 e. The fourth-order valence-electron chi connectivity index (χ4n) is 3.68. The SMILES string of the molecule is CC(C)(C)c1ccc2c(c1)N(CC(=O)NCc1ccccc1Cl)C(=O)/C(=C\c1ccc(Cl)cc1)O2. The number of rotatable bonds is 5. The van der Waals surface area contributed by atoms with Gasteiger partial charge in [-0.15, -0.1) is 0 Å². The van der Waals surface area contributed by atoms with E-state index in [4.69, 9.17) is 27.9 Å². The Balaban J connectivity index is 1.64. The van der Waals surface area contributed by atoms with E-state index in [0.29, 0.717) is 21.5 Å². The van der Waals surface area contributed by atoms with E-state index >= 15 is 0 Å². The molecular formula is C28H26Cl2N2O3. The van der Waals surface area contributed by atoms with E-state index in [1.807, 2.05) is 36.4 Å². The van der Waals surface area contributed by atoms with Gasteiger partial charge in [0, 0.05) is 16.6 Å². The zero-order valence-electron chi connectivity index (χ0n) is 19.8. The number of hydrogen-bond donors (Lipinski definition) is 1. The van der Waals surface area contributed by atoms with Crippen molar-refractivity contribution in [3.8, 4) is 5.75 Å². The summed E-state index contributed by atoms with van der Waals surface area (Å²) in [6, 6.07) is 20.1. The Bertz CT molecular complexity index is 1290. The van der Waals surface area contributed by atoms with E-state index in [-0.39, 0.29) is 30.2 Å². The summed E-state index contributed by atoms with van der Waals surface area (Å²) >= 11 is 12.2. The highest BCUT2D eigenvalue weighted by Gasteiger charge is 2.33. The normalized spacial score (nSPS) is 14.5. The molecule has 0 unspecified atom stereocenters. The molecule has 7 heteroatoms. The number of halogens is 2. The summed E-state index contributed by atoms with van der Waals surface area (Å²) < 4.78 is 5.99. The van der Waals surface area contributed by atoms with Crippen molar-refractivity contribution in [2.45, 2.75) is 32.7 Å². The molecule has 1 aliphatic rings. The standard InChI is InChI=1S/C28H26Cl2N2O3/c1-28(2,3)20-10-13-24-23(15-20)32(17-26(33)31-16-19-6-4-5-7-22(19)30)27(34)25(35-24)14-18-8-11-21(29)12-9-18/h4-15H,16-17H2,1-3H3,(H,31,33)/b25-14+. The number of anilines is 1. The van der Waals surface area contributed by atoms with Crippen LogP contribution < -0.4 is 15.0 Å². The fourth-order valence-corrected chi connectivity index (χ4v) is 4.01. The van der Waals surface area contributed by atoms with Crippen LogP contribution >= 0.6 is 23.2 Å². The van der Waals surface area contributed by atoms with Gasteiger partial charge < -0.3 is 10.1 Å². The number of carbonyl (C=O) groups excluding carboxylic acids is 2. The molecule has 1 heterocycles. The first-order chi connectivity index (χ1) is 16.6. The Labute approximate surface area is 215 Å². The highest BCUT2D eigenvalue weighted by molar-refractivity contribution is 6.31. The van der Waals surface area contributed by atoms with Gasteiger partial charge in [-0.25, -0.2) is 0 Å².